The van der Waals surface area contributed by atoms with E-state index in [9.17, 15) is 9.59 Å². The number of carbonyl (C=O) groups excluding carboxylic acids is 1. The standard InChI is InChI=1S/C15H16ClN3O3S3/c16-12-9(24-14(17-12)18-5-1-2-6-18)8-10-13(22)19(15(23)25-10)7-3-4-11(20)21/h8H,1-7H2,(H,20,21)/b10-8+. The van der Waals surface area contributed by atoms with Crippen LogP contribution in [-0.4, -0.2) is 50.8 Å². The van der Waals surface area contributed by atoms with Gasteiger partial charge >= 0.3 is 5.97 Å². The molecule has 0 unspecified atom stereocenters. The molecule has 0 bridgehead atoms. The van der Waals surface area contributed by atoms with Gasteiger partial charge in [-0.15, -0.1) is 0 Å². The lowest BCUT2D eigenvalue weighted by Gasteiger charge is -2.13. The third-order valence-electron chi connectivity index (χ3n) is 3.88. The second-order valence-corrected chi connectivity index (χ2v) is 8.72. The first-order chi connectivity index (χ1) is 12.0. The Kier molecular flexibility index (Phi) is 5.98. The van der Waals surface area contributed by atoms with Crippen molar-refractivity contribution in [3.8, 4) is 0 Å². The van der Waals surface area contributed by atoms with E-state index in [1.165, 1.54) is 28.0 Å². The molecule has 0 radical (unpaired) electrons. The Bertz CT molecular complexity index is 744. The number of nitrogens with zero attached hydrogens (tertiary/aromatic N) is 3. The lowest BCUT2D eigenvalue weighted by molar-refractivity contribution is -0.137. The molecule has 2 aliphatic rings. The first kappa shape index (κ1) is 18.6. The molecule has 0 atom stereocenters. The van der Waals surface area contributed by atoms with Gasteiger partial charge in [0.2, 0.25) is 0 Å². The highest BCUT2D eigenvalue weighted by molar-refractivity contribution is 8.26. The number of thiazole rings is 1. The fraction of sp³-hybridized carbons (Fsp3) is 0.467. The van der Waals surface area contributed by atoms with E-state index in [0.29, 0.717) is 27.3 Å². The zero-order valence-electron chi connectivity index (χ0n) is 13.2. The molecule has 1 amide bonds. The summed E-state index contributed by atoms with van der Waals surface area (Å²) in [6.45, 7) is 2.27. The molecular weight excluding hydrogens is 402 g/mol. The smallest absolute Gasteiger partial charge is 0.303 e. The Morgan fingerprint density at radius 1 is 1.40 bits per heavy atom. The van der Waals surface area contributed by atoms with Crippen LogP contribution >= 0.6 is 46.9 Å². The molecule has 134 valence electrons. The Morgan fingerprint density at radius 2 is 2.12 bits per heavy atom. The number of aliphatic carboxylic acids is 1. The van der Waals surface area contributed by atoms with Crippen LogP contribution in [0.2, 0.25) is 5.15 Å². The molecule has 3 heterocycles. The third kappa shape index (κ3) is 4.33. The van der Waals surface area contributed by atoms with Crippen LogP contribution in [-0.2, 0) is 9.59 Å². The van der Waals surface area contributed by atoms with Gasteiger partial charge in [-0.05, 0) is 25.3 Å². The molecule has 6 nitrogen and oxygen atoms in total. The zero-order valence-corrected chi connectivity index (χ0v) is 16.4. The Morgan fingerprint density at radius 3 is 2.80 bits per heavy atom. The maximum absolute atomic E-state index is 12.5. The molecule has 10 heteroatoms. The number of thioether (sulfide) groups is 1. The van der Waals surface area contributed by atoms with Crippen molar-refractivity contribution in [3.63, 3.8) is 0 Å². The van der Waals surface area contributed by atoms with Gasteiger partial charge in [-0.1, -0.05) is 46.9 Å². The SMILES string of the molecule is O=C(O)CCCN1C(=O)/C(=C\c2sc(N3CCCC3)nc2Cl)SC1=S. The molecule has 2 aliphatic heterocycles. The molecule has 25 heavy (non-hydrogen) atoms. The summed E-state index contributed by atoms with van der Waals surface area (Å²) in [6, 6.07) is 0. The second-order valence-electron chi connectivity index (χ2n) is 5.68. The average molecular weight is 418 g/mol. The van der Waals surface area contributed by atoms with Crippen molar-refractivity contribution in [1.82, 2.24) is 9.88 Å². The van der Waals surface area contributed by atoms with Crippen LogP contribution in [0.5, 0.6) is 0 Å². The third-order valence-corrected chi connectivity index (χ3v) is 6.72. The van der Waals surface area contributed by atoms with Crippen LogP contribution in [0, 0.1) is 0 Å². The van der Waals surface area contributed by atoms with E-state index in [-0.39, 0.29) is 12.3 Å². The van der Waals surface area contributed by atoms with E-state index >= 15 is 0 Å². The summed E-state index contributed by atoms with van der Waals surface area (Å²) in [5, 5.41) is 9.98. The molecule has 2 fully saturated rings. The van der Waals surface area contributed by atoms with Gasteiger partial charge in [0.15, 0.2) is 5.13 Å². The van der Waals surface area contributed by atoms with Crippen molar-refractivity contribution in [1.29, 1.82) is 0 Å². The maximum Gasteiger partial charge on any atom is 0.303 e. The predicted molar refractivity (Wildman–Crippen MR) is 105 cm³/mol. The van der Waals surface area contributed by atoms with Crippen molar-refractivity contribution < 1.29 is 14.7 Å². The normalized spacial score (nSPS) is 19.5. The van der Waals surface area contributed by atoms with Crippen molar-refractivity contribution in [2.24, 2.45) is 0 Å². The summed E-state index contributed by atoms with van der Waals surface area (Å²) in [4.78, 5) is 32.4. The number of halogens is 1. The van der Waals surface area contributed by atoms with E-state index in [4.69, 9.17) is 28.9 Å². The highest BCUT2D eigenvalue weighted by Gasteiger charge is 2.32. The van der Waals surface area contributed by atoms with Crippen LogP contribution in [0.1, 0.15) is 30.6 Å². The van der Waals surface area contributed by atoms with E-state index in [1.807, 2.05) is 0 Å². The van der Waals surface area contributed by atoms with Gasteiger partial charge in [0.1, 0.15) is 9.47 Å². The summed E-state index contributed by atoms with van der Waals surface area (Å²) in [5.74, 6) is -1.08. The molecule has 1 N–H and O–H groups in total. The number of carboxylic acids is 1. The van der Waals surface area contributed by atoms with Crippen molar-refractivity contribution in [3.05, 3.63) is 14.9 Å². The summed E-state index contributed by atoms with van der Waals surface area (Å²) >= 11 is 14.2. The number of hydrogen-bond acceptors (Lipinski definition) is 7. The van der Waals surface area contributed by atoms with Crippen molar-refractivity contribution >= 4 is 74.3 Å². The Hall–Kier alpha value is -1.16. The van der Waals surface area contributed by atoms with Crippen LogP contribution in [0.25, 0.3) is 6.08 Å². The van der Waals surface area contributed by atoms with Gasteiger partial charge in [0.05, 0.1) is 9.78 Å². The van der Waals surface area contributed by atoms with Gasteiger partial charge in [-0.25, -0.2) is 4.98 Å². The van der Waals surface area contributed by atoms with Gasteiger partial charge in [0, 0.05) is 26.1 Å². The number of thiocarbonyl (C=S) groups is 1. The number of anilines is 1. The van der Waals surface area contributed by atoms with E-state index in [1.54, 1.807) is 6.08 Å². The van der Waals surface area contributed by atoms with Gasteiger partial charge in [0.25, 0.3) is 5.91 Å². The molecule has 0 aromatic carbocycles. The molecule has 2 saturated heterocycles. The number of rotatable bonds is 6. The molecular formula is C15H16ClN3O3S3. The topological polar surface area (TPSA) is 73.7 Å². The van der Waals surface area contributed by atoms with E-state index < -0.39 is 5.97 Å². The summed E-state index contributed by atoms with van der Waals surface area (Å²) in [6.07, 6.45) is 4.42. The minimum Gasteiger partial charge on any atom is -0.481 e. The maximum atomic E-state index is 12.5. The monoisotopic (exact) mass is 417 g/mol. The minimum absolute atomic E-state index is 0.00990. The van der Waals surface area contributed by atoms with E-state index in [2.05, 4.69) is 9.88 Å². The minimum atomic E-state index is -0.883. The molecule has 0 spiro atoms. The molecule has 1 aromatic heterocycles. The van der Waals surface area contributed by atoms with Crippen LogP contribution in [0.15, 0.2) is 4.91 Å². The van der Waals surface area contributed by atoms with Gasteiger partial charge < -0.3 is 10.0 Å². The Balaban J connectivity index is 1.72. The zero-order chi connectivity index (χ0) is 18.0. The van der Waals surface area contributed by atoms with Crippen LogP contribution < -0.4 is 4.90 Å². The second kappa shape index (κ2) is 8.03. The van der Waals surface area contributed by atoms with Gasteiger partial charge in [-0.3, -0.25) is 14.5 Å². The number of carboxylic acid groups (broad SMARTS) is 1. The highest BCUT2D eigenvalue weighted by Crippen LogP contribution is 2.37. The van der Waals surface area contributed by atoms with E-state index in [0.717, 1.165) is 35.9 Å². The van der Waals surface area contributed by atoms with Crippen molar-refractivity contribution in [2.45, 2.75) is 25.7 Å². The number of amides is 1. The highest BCUT2D eigenvalue weighted by atomic mass is 35.5. The predicted octanol–water partition coefficient (Wildman–Crippen LogP) is 3.46. The Labute approximate surface area is 163 Å². The summed E-state index contributed by atoms with van der Waals surface area (Å²) in [5.41, 5.74) is 0. The number of hydrogen-bond donors (Lipinski definition) is 1. The largest absolute Gasteiger partial charge is 0.481 e. The van der Waals surface area contributed by atoms with Crippen molar-refractivity contribution in [2.75, 3.05) is 24.5 Å². The van der Waals surface area contributed by atoms with Crippen LogP contribution in [0.4, 0.5) is 5.13 Å². The summed E-state index contributed by atoms with van der Waals surface area (Å²) in [7, 11) is 0. The molecule has 3 rings (SSSR count). The molecule has 1 aromatic rings. The first-order valence-electron chi connectivity index (χ1n) is 7.84. The average Bonchev–Trinajstić information content (AvgIpc) is 3.25. The molecule has 0 saturated carbocycles. The lowest BCUT2D eigenvalue weighted by Crippen LogP contribution is -2.29. The van der Waals surface area contributed by atoms with Crippen LogP contribution in [0.3, 0.4) is 0 Å². The first-order valence-corrected chi connectivity index (χ1v) is 10.3. The quantitative estimate of drug-likeness (QED) is 0.561. The fourth-order valence-electron chi connectivity index (χ4n) is 2.64. The lowest BCUT2D eigenvalue weighted by atomic mass is 10.3. The van der Waals surface area contributed by atoms with Gasteiger partial charge in [-0.2, -0.15) is 0 Å². The number of carbonyl (C=O) groups is 2. The molecule has 0 aliphatic carbocycles. The summed E-state index contributed by atoms with van der Waals surface area (Å²) < 4.78 is 0.446. The number of aromatic nitrogens is 1. The fourth-order valence-corrected chi connectivity index (χ4v) is 5.25.